The maximum absolute atomic E-state index is 12.2. The normalized spacial score (nSPS) is 28.1. The summed E-state index contributed by atoms with van der Waals surface area (Å²) in [6, 6.07) is -0.338. The number of carbonyl (C=O) groups is 2. The lowest BCUT2D eigenvalue weighted by Gasteiger charge is -2.42. The van der Waals surface area contributed by atoms with Crippen molar-refractivity contribution in [2.75, 3.05) is 0 Å². The first-order valence-electron chi connectivity index (χ1n) is 6.66. The number of carbonyl (C=O) groups excluding carboxylic acids is 2. The molecule has 1 aliphatic heterocycles. The first-order valence-corrected chi connectivity index (χ1v) is 6.66. The second kappa shape index (κ2) is 4.67. The van der Waals surface area contributed by atoms with E-state index >= 15 is 0 Å². The second-order valence-electron chi connectivity index (χ2n) is 5.79. The predicted molar refractivity (Wildman–Crippen MR) is 65.3 cm³/mol. The Morgan fingerprint density at radius 1 is 1.24 bits per heavy atom. The summed E-state index contributed by atoms with van der Waals surface area (Å²) in [7, 11) is 0. The van der Waals surface area contributed by atoms with Crippen molar-refractivity contribution in [3.63, 3.8) is 0 Å². The third-order valence-corrected chi connectivity index (χ3v) is 3.83. The maximum atomic E-state index is 12.2. The molecule has 1 atom stereocenters. The molecule has 17 heavy (non-hydrogen) atoms. The van der Waals surface area contributed by atoms with E-state index in [-0.39, 0.29) is 17.9 Å². The van der Waals surface area contributed by atoms with Crippen LogP contribution in [-0.2, 0) is 9.59 Å². The molecule has 1 spiro atoms. The fourth-order valence-corrected chi connectivity index (χ4v) is 2.89. The van der Waals surface area contributed by atoms with Gasteiger partial charge in [0.2, 0.25) is 11.8 Å². The van der Waals surface area contributed by atoms with E-state index in [9.17, 15) is 9.59 Å². The first-order chi connectivity index (χ1) is 8.03. The molecule has 1 saturated carbocycles. The molecule has 2 rings (SSSR count). The van der Waals surface area contributed by atoms with Gasteiger partial charge in [0.15, 0.2) is 0 Å². The highest BCUT2D eigenvalue weighted by molar-refractivity contribution is 5.99. The Balaban J connectivity index is 2.06. The Hall–Kier alpha value is -1.06. The molecular weight excluding hydrogens is 216 g/mol. The molecule has 0 unspecified atom stereocenters. The summed E-state index contributed by atoms with van der Waals surface area (Å²) in [6.07, 6.45) is 5.52. The van der Waals surface area contributed by atoms with Gasteiger partial charge in [0.25, 0.3) is 0 Å². The molecular formula is C13H22N2O2. The Labute approximate surface area is 103 Å². The molecule has 4 heteroatoms. The number of hydrogen-bond acceptors (Lipinski definition) is 2. The van der Waals surface area contributed by atoms with Crippen LogP contribution >= 0.6 is 0 Å². The predicted octanol–water partition coefficient (Wildman–Crippen LogP) is 1.35. The molecule has 0 radical (unpaired) electrons. The van der Waals surface area contributed by atoms with Crippen molar-refractivity contribution in [1.29, 1.82) is 0 Å². The van der Waals surface area contributed by atoms with Crippen molar-refractivity contribution < 1.29 is 9.59 Å². The van der Waals surface area contributed by atoms with E-state index < -0.39 is 5.54 Å². The van der Waals surface area contributed by atoms with Gasteiger partial charge in [0.05, 0.1) is 0 Å². The van der Waals surface area contributed by atoms with Gasteiger partial charge in [-0.05, 0) is 25.2 Å². The molecule has 2 N–H and O–H groups in total. The van der Waals surface area contributed by atoms with Gasteiger partial charge in [-0.15, -0.1) is 0 Å². The second-order valence-corrected chi connectivity index (χ2v) is 5.79. The topological polar surface area (TPSA) is 58.2 Å². The van der Waals surface area contributed by atoms with Crippen molar-refractivity contribution in [3.8, 4) is 0 Å². The summed E-state index contributed by atoms with van der Waals surface area (Å²) in [5, 5.41) is 5.89. The summed E-state index contributed by atoms with van der Waals surface area (Å²) in [5.41, 5.74) is -0.594. The molecule has 0 bridgehead atoms. The van der Waals surface area contributed by atoms with Crippen molar-refractivity contribution in [2.45, 2.75) is 64.0 Å². The number of piperazine rings is 1. The molecule has 2 amide bonds. The zero-order valence-electron chi connectivity index (χ0n) is 10.7. The van der Waals surface area contributed by atoms with E-state index in [0.29, 0.717) is 12.3 Å². The number of hydrogen-bond donors (Lipinski definition) is 2. The summed E-state index contributed by atoms with van der Waals surface area (Å²) in [4.78, 5) is 24.2. The zero-order valence-corrected chi connectivity index (χ0v) is 10.7. The summed E-state index contributed by atoms with van der Waals surface area (Å²) in [6.45, 7) is 4.12. The maximum Gasteiger partial charge on any atom is 0.246 e. The highest BCUT2D eigenvalue weighted by Crippen LogP contribution is 2.30. The summed E-state index contributed by atoms with van der Waals surface area (Å²) >= 11 is 0. The van der Waals surface area contributed by atoms with Crippen molar-refractivity contribution in [1.82, 2.24) is 10.6 Å². The molecule has 0 aromatic carbocycles. The van der Waals surface area contributed by atoms with E-state index in [4.69, 9.17) is 0 Å². The monoisotopic (exact) mass is 238 g/mol. The average Bonchev–Trinajstić information content (AvgIpc) is 2.27. The quantitative estimate of drug-likeness (QED) is 0.763. The van der Waals surface area contributed by atoms with Crippen LogP contribution in [0.5, 0.6) is 0 Å². The summed E-state index contributed by atoms with van der Waals surface area (Å²) in [5.74, 6) is 0.439. The van der Waals surface area contributed by atoms with Crippen LogP contribution in [0.2, 0.25) is 0 Å². The van der Waals surface area contributed by atoms with Crippen LogP contribution in [0.1, 0.15) is 52.4 Å². The van der Waals surface area contributed by atoms with Crippen molar-refractivity contribution >= 4 is 11.8 Å². The zero-order chi connectivity index (χ0) is 12.5. The van der Waals surface area contributed by atoms with Gasteiger partial charge < -0.3 is 10.6 Å². The highest BCUT2D eigenvalue weighted by Gasteiger charge is 2.46. The van der Waals surface area contributed by atoms with Crippen LogP contribution in [0, 0.1) is 5.92 Å². The Morgan fingerprint density at radius 3 is 2.47 bits per heavy atom. The third kappa shape index (κ3) is 2.45. The summed E-state index contributed by atoms with van der Waals surface area (Å²) < 4.78 is 0. The SMILES string of the molecule is CC(C)C[C@@H]1NC(=O)C2(CCCCC2)NC1=O. The van der Waals surface area contributed by atoms with Crippen LogP contribution in [0.4, 0.5) is 0 Å². The highest BCUT2D eigenvalue weighted by atomic mass is 16.2. The van der Waals surface area contributed by atoms with Gasteiger partial charge in [0, 0.05) is 0 Å². The minimum absolute atomic E-state index is 0.000185. The van der Waals surface area contributed by atoms with E-state index in [1.165, 1.54) is 6.42 Å². The molecule has 1 aliphatic carbocycles. The molecule has 1 saturated heterocycles. The van der Waals surface area contributed by atoms with Gasteiger partial charge >= 0.3 is 0 Å². The van der Waals surface area contributed by atoms with Crippen LogP contribution in [0.15, 0.2) is 0 Å². The Kier molecular flexibility index (Phi) is 3.40. The van der Waals surface area contributed by atoms with Gasteiger partial charge in [-0.1, -0.05) is 33.1 Å². The Bertz CT molecular complexity index is 319. The molecule has 0 aromatic heterocycles. The lowest BCUT2D eigenvalue weighted by atomic mass is 9.79. The number of amides is 2. The number of rotatable bonds is 2. The van der Waals surface area contributed by atoms with Gasteiger partial charge in [-0.25, -0.2) is 0 Å². The third-order valence-electron chi connectivity index (χ3n) is 3.83. The van der Waals surface area contributed by atoms with Crippen LogP contribution in [-0.4, -0.2) is 23.4 Å². The molecule has 1 heterocycles. The van der Waals surface area contributed by atoms with E-state index in [1.807, 2.05) is 0 Å². The molecule has 0 aromatic rings. The molecule has 2 fully saturated rings. The standard InChI is InChI=1S/C13H22N2O2/c1-9(2)8-10-11(16)15-13(12(17)14-10)6-4-3-5-7-13/h9-10H,3-8H2,1-2H3,(H,14,17)(H,15,16)/t10-/m0/s1. The van der Waals surface area contributed by atoms with Gasteiger partial charge in [-0.2, -0.15) is 0 Å². The van der Waals surface area contributed by atoms with Crippen LogP contribution in [0.3, 0.4) is 0 Å². The van der Waals surface area contributed by atoms with E-state index in [1.54, 1.807) is 0 Å². The average molecular weight is 238 g/mol. The fraction of sp³-hybridized carbons (Fsp3) is 0.846. The molecule has 96 valence electrons. The van der Waals surface area contributed by atoms with E-state index in [0.717, 1.165) is 25.7 Å². The minimum atomic E-state index is -0.594. The van der Waals surface area contributed by atoms with Crippen molar-refractivity contribution in [2.24, 2.45) is 5.92 Å². The Morgan fingerprint density at radius 2 is 1.88 bits per heavy atom. The smallest absolute Gasteiger partial charge is 0.246 e. The largest absolute Gasteiger partial charge is 0.342 e. The van der Waals surface area contributed by atoms with Crippen LogP contribution < -0.4 is 10.6 Å². The van der Waals surface area contributed by atoms with Crippen LogP contribution in [0.25, 0.3) is 0 Å². The van der Waals surface area contributed by atoms with Crippen molar-refractivity contribution in [3.05, 3.63) is 0 Å². The number of nitrogens with one attached hydrogen (secondary N) is 2. The lowest BCUT2D eigenvalue weighted by molar-refractivity contribution is -0.143. The first kappa shape index (κ1) is 12.4. The van der Waals surface area contributed by atoms with Gasteiger partial charge in [-0.3, -0.25) is 9.59 Å². The van der Waals surface area contributed by atoms with Gasteiger partial charge in [0.1, 0.15) is 11.6 Å². The lowest BCUT2D eigenvalue weighted by Crippen LogP contribution is -2.69. The molecule has 4 nitrogen and oxygen atoms in total. The van der Waals surface area contributed by atoms with E-state index in [2.05, 4.69) is 24.5 Å². The molecule has 2 aliphatic rings. The fourth-order valence-electron chi connectivity index (χ4n) is 2.89. The minimum Gasteiger partial charge on any atom is -0.342 e.